The van der Waals surface area contributed by atoms with Crippen LogP contribution in [0.1, 0.15) is 0 Å². The van der Waals surface area contributed by atoms with Crippen molar-refractivity contribution < 1.29 is 14.6 Å². The van der Waals surface area contributed by atoms with Gasteiger partial charge in [0.25, 0.3) is 5.88 Å². The number of hydrogen-bond acceptors (Lipinski definition) is 6. The molecule has 0 fully saturated rings. The first kappa shape index (κ1) is 13.7. The van der Waals surface area contributed by atoms with E-state index in [1.165, 1.54) is 11.9 Å². The maximum absolute atomic E-state index is 12.1. The topological polar surface area (TPSA) is 88.4 Å². The third-order valence-electron chi connectivity index (χ3n) is 3.06. The standard InChI is InChI=1S/C15H12N4O3/c1-19(12-8-4-5-9-16-12)15(21)22-14-13(20)10-6-2-3-7-11(10)17-18-14/h2-9H,1H3,(H,17,20). The smallest absolute Gasteiger partial charge is 0.422 e. The molecule has 110 valence electrons. The number of pyridine rings is 1. The van der Waals surface area contributed by atoms with Crippen molar-refractivity contribution in [2.75, 3.05) is 11.9 Å². The van der Waals surface area contributed by atoms with Gasteiger partial charge in [0.15, 0.2) is 5.75 Å². The number of carbonyl (C=O) groups is 1. The number of fused-ring (bicyclic) bond motifs is 1. The molecule has 1 aromatic carbocycles. The van der Waals surface area contributed by atoms with Gasteiger partial charge in [0.1, 0.15) is 5.82 Å². The molecule has 7 heteroatoms. The molecule has 0 spiro atoms. The lowest BCUT2D eigenvalue weighted by atomic mass is 10.2. The fraction of sp³-hybridized carbons (Fsp3) is 0.0667. The minimum Gasteiger partial charge on any atom is -0.503 e. The van der Waals surface area contributed by atoms with Gasteiger partial charge in [-0.1, -0.05) is 18.2 Å². The molecule has 22 heavy (non-hydrogen) atoms. The summed E-state index contributed by atoms with van der Waals surface area (Å²) in [6, 6.07) is 12.0. The number of anilines is 1. The Morgan fingerprint density at radius 1 is 1.14 bits per heavy atom. The summed E-state index contributed by atoms with van der Waals surface area (Å²) in [5, 5.41) is 18.2. The van der Waals surface area contributed by atoms with Gasteiger partial charge in [-0.3, -0.25) is 4.90 Å². The third-order valence-corrected chi connectivity index (χ3v) is 3.06. The number of benzene rings is 1. The van der Waals surface area contributed by atoms with Gasteiger partial charge in [-0.15, -0.1) is 10.2 Å². The van der Waals surface area contributed by atoms with Crippen molar-refractivity contribution >= 4 is 22.8 Å². The van der Waals surface area contributed by atoms with Crippen LogP contribution in [0.2, 0.25) is 0 Å². The number of amides is 1. The van der Waals surface area contributed by atoms with Gasteiger partial charge in [0.05, 0.1) is 5.52 Å². The summed E-state index contributed by atoms with van der Waals surface area (Å²) in [4.78, 5) is 17.3. The van der Waals surface area contributed by atoms with Crippen molar-refractivity contribution in [3.63, 3.8) is 0 Å². The zero-order valence-electron chi connectivity index (χ0n) is 11.7. The van der Waals surface area contributed by atoms with Gasteiger partial charge in [0, 0.05) is 18.6 Å². The first-order valence-electron chi connectivity index (χ1n) is 6.48. The van der Waals surface area contributed by atoms with Crippen molar-refractivity contribution in [3.8, 4) is 11.6 Å². The maximum atomic E-state index is 12.1. The van der Waals surface area contributed by atoms with E-state index in [4.69, 9.17) is 4.74 Å². The van der Waals surface area contributed by atoms with Crippen molar-refractivity contribution in [1.29, 1.82) is 0 Å². The van der Waals surface area contributed by atoms with Gasteiger partial charge >= 0.3 is 6.09 Å². The minimum absolute atomic E-state index is 0.228. The molecule has 0 aliphatic carbocycles. The SMILES string of the molecule is CN(C(=O)Oc1nnc2ccccc2c1O)c1ccccn1. The molecule has 0 saturated heterocycles. The zero-order valence-corrected chi connectivity index (χ0v) is 11.7. The third kappa shape index (κ3) is 2.51. The number of ether oxygens (including phenoxy) is 1. The predicted molar refractivity (Wildman–Crippen MR) is 79.9 cm³/mol. The lowest BCUT2D eigenvalue weighted by Gasteiger charge is -2.15. The van der Waals surface area contributed by atoms with E-state index < -0.39 is 6.09 Å². The van der Waals surface area contributed by atoms with E-state index in [-0.39, 0.29) is 11.6 Å². The van der Waals surface area contributed by atoms with Gasteiger partial charge in [-0.05, 0) is 24.3 Å². The van der Waals surface area contributed by atoms with Crippen LogP contribution in [0.5, 0.6) is 11.6 Å². The maximum Gasteiger partial charge on any atom is 0.422 e. The van der Waals surface area contributed by atoms with Crippen molar-refractivity contribution in [3.05, 3.63) is 48.7 Å². The summed E-state index contributed by atoms with van der Waals surface area (Å²) in [5.74, 6) is -0.0550. The number of aromatic nitrogens is 3. The number of rotatable bonds is 2. The Morgan fingerprint density at radius 2 is 1.91 bits per heavy atom. The highest BCUT2D eigenvalue weighted by Crippen LogP contribution is 2.30. The van der Waals surface area contributed by atoms with E-state index >= 15 is 0 Å². The van der Waals surface area contributed by atoms with Crippen LogP contribution in [0.4, 0.5) is 10.6 Å². The summed E-state index contributed by atoms with van der Waals surface area (Å²) >= 11 is 0. The average Bonchev–Trinajstić information content (AvgIpc) is 2.57. The van der Waals surface area contributed by atoms with Crippen LogP contribution in [0, 0.1) is 0 Å². The van der Waals surface area contributed by atoms with Crippen LogP contribution >= 0.6 is 0 Å². The largest absolute Gasteiger partial charge is 0.503 e. The van der Waals surface area contributed by atoms with Crippen LogP contribution in [0.15, 0.2) is 48.7 Å². The van der Waals surface area contributed by atoms with Crippen LogP contribution < -0.4 is 9.64 Å². The second-order valence-corrected chi connectivity index (χ2v) is 4.49. The molecule has 0 bridgehead atoms. The second kappa shape index (κ2) is 5.65. The van der Waals surface area contributed by atoms with Gasteiger partial charge in [-0.25, -0.2) is 9.78 Å². The molecule has 2 aromatic heterocycles. The average molecular weight is 296 g/mol. The molecular weight excluding hydrogens is 284 g/mol. The van der Waals surface area contributed by atoms with E-state index in [0.717, 1.165) is 0 Å². The predicted octanol–water partition coefficient (Wildman–Crippen LogP) is 2.37. The Hall–Kier alpha value is -3.22. The molecule has 2 heterocycles. The Morgan fingerprint density at radius 3 is 2.68 bits per heavy atom. The highest BCUT2D eigenvalue weighted by molar-refractivity contribution is 5.90. The first-order chi connectivity index (χ1) is 10.7. The molecule has 0 atom stereocenters. The van der Waals surface area contributed by atoms with Crippen LogP contribution in [0.25, 0.3) is 10.9 Å². The molecule has 3 rings (SSSR count). The van der Waals surface area contributed by atoms with E-state index in [9.17, 15) is 9.90 Å². The Balaban J connectivity index is 1.87. The van der Waals surface area contributed by atoms with Gasteiger partial charge < -0.3 is 9.84 Å². The van der Waals surface area contributed by atoms with Crippen molar-refractivity contribution in [2.24, 2.45) is 0 Å². The normalized spacial score (nSPS) is 10.4. The van der Waals surface area contributed by atoms with E-state index in [2.05, 4.69) is 15.2 Å². The molecule has 1 N–H and O–H groups in total. The van der Waals surface area contributed by atoms with Crippen LogP contribution in [0.3, 0.4) is 0 Å². The number of nitrogens with zero attached hydrogens (tertiary/aromatic N) is 4. The van der Waals surface area contributed by atoms with Gasteiger partial charge in [-0.2, -0.15) is 0 Å². The Labute approximate surface area is 125 Å². The molecule has 0 radical (unpaired) electrons. The lowest BCUT2D eigenvalue weighted by Crippen LogP contribution is -2.30. The van der Waals surface area contributed by atoms with Crippen LogP contribution in [-0.4, -0.2) is 33.4 Å². The van der Waals surface area contributed by atoms with E-state index in [1.54, 1.807) is 48.7 Å². The van der Waals surface area contributed by atoms with Gasteiger partial charge in [0.2, 0.25) is 0 Å². The summed E-state index contributed by atoms with van der Waals surface area (Å²) in [6.45, 7) is 0. The monoisotopic (exact) mass is 296 g/mol. The van der Waals surface area contributed by atoms with Crippen molar-refractivity contribution in [2.45, 2.75) is 0 Å². The fourth-order valence-corrected chi connectivity index (χ4v) is 1.89. The first-order valence-corrected chi connectivity index (χ1v) is 6.48. The zero-order chi connectivity index (χ0) is 15.5. The van der Waals surface area contributed by atoms with E-state index in [0.29, 0.717) is 16.7 Å². The molecule has 7 nitrogen and oxygen atoms in total. The molecule has 0 saturated carbocycles. The summed E-state index contributed by atoms with van der Waals surface area (Å²) in [6.07, 6.45) is 0.838. The second-order valence-electron chi connectivity index (χ2n) is 4.49. The molecule has 1 amide bonds. The van der Waals surface area contributed by atoms with Crippen molar-refractivity contribution in [1.82, 2.24) is 15.2 Å². The summed E-state index contributed by atoms with van der Waals surface area (Å²) in [7, 11) is 1.51. The summed E-state index contributed by atoms with van der Waals surface area (Å²) in [5.41, 5.74) is 0.512. The molecular formula is C15H12N4O3. The number of carbonyl (C=O) groups excluding carboxylic acids is 1. The fourth-order valence-electron chi connectivity index (χ4n) is 1.89. The lowest BCUT2D eigenvalue weighted by molar-refractivity contribution is 0.204. The molecule has 0 unspecified atom stereocenters. The number of aromatic hydroxyl groups is 1. The Kier molecular flexibility index (Phi) is 3.53. The molecule has 3 aromatic rings. The van der Waals surface area contributed by atoms with Crippen LogP contribution in [-0.2, 0) is 0 Å². The quantitative estimate of drug-likeness (QED) is 0.781. The summed E-state index contributed by atoms with van der Waals surface area (Å²) < 4.78 is 5.09. The minimum atomic E-state index is -0.724. The van der Waals surface area contributed by atoms with E-state index in [1.807, 2.05) is 0 Å². The molecule has 0 aliphatic heterocycles. The highest BCUT2D eigenvalue weighted by Gasteiger charge is 2.19. The molecule has 0 aliphatic rings. The highest BCUT2D eigenvalue weighted by atomic mass is 16.6. The Bertz CT molecular complexity index is 823. The number of hydrogen-bond donors (Lipinski definition) is 1.